The van der Waals surface area contributed by atoms with Crippen molar-refractivity contribution in [1.29, 1.82) is 0 Å². The maximum absolute atomic E-state index is 14.2. The molecule has 3 aliphatic heterocycles. The van der Waals surface area contributed by atoms with Gasteiger partial charge in [0.1, 0.15) is 23.5 Å². The summed E-state index contributed by atoms with van der Waals surface area (Å²) >= 11 is 0. The molecule has 0 radical (unpaired) electrons. The molecule has 1 aromatic rings. The fourth-order valence-electron chi connectivity index (χ4n) is 4.56. The smallest absolute Gasteiger partial charge is 0.357 e. The highest BCUT2D eigenvalue weighted by Crippen LogP contribution is 2.41. The van der Waals surface area contributed by atoms with Crippen LogP contribution in [0.25, 0.3) is 0 Å². The molecule has 1 aromatic carbocycles. The van der Waals surface area contributed by atoms with E-state index in [0.717, 1.165) is 24.5 Å². The van der Waals surface area contributed by atoms with E-state index >= 15 is 0 Å². The summed E-state index contributed by atoms with van der Waals surface area (Å²) in [5.74, 6) is -1.73. The predicted octanol–water partition coefficient (Wildman–Crippen LogP) is 0.857. The number of benzene rings is 1. The highest BCUT2D eigenvalue weighted by atomic mass is 32.2. The lowest BCUT2D eigenvalue weighted by atomic mass is 9.89. The van der Waals surface area contributed by atoms with Gasteiger partial charge in [-0.1, -0.05) is 9.52 Å². The molecule has 32 heavy (non-hydrogen) atoms. The minimum Gasteiger partial charge on any atom is -0.357 e. The first kappa shape index (κ1) is 23.2. The number of quaternary nitrogens is 1. The molecule has 1 fully saturated rings. The quantitative estimate of drug-likeness (QED) is 0.626. The first-order chi connectivity index (χ1) is 14.8. The molecule has 0 spiro atoms. The fourth-order valence-corrected chi connectivity index (χ4v) is 5.50. The van der Waals surface area contributed by atoms with E-state index in [4.69, 9.17) is 10.5 Å². The van der Waals surface area contributed by atoms with E-state index in [-0.39, 0.29) is 29.5 Å². The zero-order valence-electron chi connectivity index (χ0n) is 17.2. The maximum Gasteiger partial charge on any atom is 0.416 e. The van der Waals surface area contributed by atoms with Crippen LogP contribution in [0.5, 0.6) is 0 Å². The molecule has 7 nitrogen and oxygen atoms in total. The van der Waals surface area contributed by atoms with Crippen molar-refractivity contribution in [3.63, 3.8) is 0 Å². The van der Waals surface area contributed by atoms with E-state index in [1.807, 2.05) is 0 Å². The van der Waals surface area contributed by atoms with Gasteiger partial charge in [0.25, 0.3) is 0 Å². The molecular formula is C19H22F5N4O3S+. The number of hydrogen-bond donors (Lipinski definition) is 2. The van der Waals surface area contributed by atoms with Gasteiger partial charge in [-0.05, 0) is 31.5 Å². The van der Waals surface area contributed by atoms with Crippen LogP contribution >= 0.6 is 0 Å². The summed E-state index contributed by atoms with van der Waals surface area (Å²) in [4.78, 5) is 1.46. The van der Waals surface area contributed by atoms with E-state index in [2.05, 4.69) is 5.10 Å². The Bertz CT molecular complexity index is 1100. The average molecular weight is 481 g/mol. The molecule has 5 atom stereocenters. The Kier molecular flexibility index (Phi) is 5.69. The van der Waals surface area contributed by atoms with Gasteiger partial charge in [0.2, 0.25) is 0 Å². The second kappa shape index (κ2) is 7.83. The molecule has 3 aliphatic rings. The minimum atomic E-state index is -4.81. The van der Waals surface area contributed by atoms with Crippen LogP contribution in [0.4, 0.5) is 22.0 Å². The van der Waals surface area contributed by atoms with Crippen LogP contribution in [0.3, 0.4) is 0 Å². The molecule has 0 amide bonds. The summed E-state index contributed by atoms with van der Waals surface area (Å²) < 4.78 is 99.0. The van der Waals surface area contributed by atoms with Crippen LogP contribution in [-0.4, -0.2) is 62.7 Å². The van der Waals surface area contributed by atoms with Crippen LogP contribution in [0.1, 0.15) is 25.0 Å². The van der Waals surface area contributed by atoms with Gasteiger partial charge in [-0.25, -0.2) is 8.78 Å². The van der Waals surface area contributed by atoms with Gasteiger partial charge < -0.3 is 10.5 Å². The third-order valence-electron chi connectivity index (χ3n) is 6.00. The van der Waals surface area contributed by atoms with E-state index in [1.54, 1.807) is 6.92 Å². The first-order valence-corrected chi connectivity index (χ1v) is 11.7. The largest absolute Gasteiger partial charge is 0.416 e. The molecule has 0 bridgehead atoms. The summed E-state index contributed by atoms with van der Waals surface area (Å²) in [7, 11) is -3.66. The summed E-state index contributed by atoms with van der Waals surface area (Å²) in [6.45, 7) is 1.59. The number of sulfonamides is 1. The van der Waals surface area contributed by atoms with Crippen molar-refractivity contribution < 1.29 is 39.5 Å². The number of hydrogen-bond acceptors (Lipinski definition) is 6. The molecule has 176 valence electrons. The molecule has 1 saturated heterocycles. The average Bonchev–Trinajstić information content (AvgIpc) is 3.23. The Labute approximate surface area is 181 Å². The lowest BCUT2D eigenvalue weighted by Gasteiger charge is -2.44. The number of ether oxygens (including phenoxy) is 1. The van der Waals surface area contributed by atoms with E-state index in [1.165, 1.54) is 4.90 Å². The molecule has 13 heteroatoms. The van der Waals surface area contributed by atoms with Gasteiger partial charge in [-0.2, -0.15) is 21.6 Å². The SMILES string of the molecule is CC1=N[NH+](S(C)(=O)=O)C2=C1CN([C@@H]1C[C@H](N)[C@@H](c3cc(F)ccc3F)O[C@@H]1C(F)(F)F)C2. The number of nitrogens with two attached hydrogens (primary N) is 1. The van der Waals surface area contributed by atoms with Crippen molar-refractivity contribution in [2.45, 2.75) is 43.8 Å². The number of halogens is 5. The van der Waals surface area contributed by atoms with Crippen molar-refractivity contribution in [2.75, 3.05) is 19.3 Å². The Morgan fingerprint density at radius 2 is 1.94 bits per heavy atom. The van der Waals surface area contributed by atoms with Gasteiger partial charge in [0.05, 0.1) is 18.4 Å². The van der Waals surface area contributed by atoms with Crippen molar-refractivity contribution in [2.24, 2.45) is 10.8 Å². The third-order valence-corrected chi connectivity index (χ3v) is 7.04. The number of nitrogens with one attached hydrogen (secondary N) is 1. The predicted molar refractivity (Wildman–Crippen MR) is 104 cm³/mol. The highest BCUT2D eigenvalue weighted by molar-refractivity contribution is 7.84. The van der Waals surface area contributed by atoms with Crippen molar-refractivity contribution in [3.05, 3.63) is 46.7 Å². The summed E-state index contributed by atoms with van der Waals surface area (Å²) in [6.07, 6.45) is -7.85. The third kappa shape index (κ3) is 4.07. The first-order valence-electron chi connectivity index (χ1n) is 9.79. The number of alkyl halides is 3. The van der Waals surface area contributed by atoms with Crippen LogP contribution < -0.4 is 10.1 Å². The second-order valence-corrected chi connectivity index (χ2v) is 10.2. The Morgan fingerprint density at radius 3 is 2.56 bits per heavy atom. The van der Waals surface area contributed by atoms with Gasteiger partial charge >= 0.3 is 16.2 Å². The summed E-state index contributed by atoms with van der Waals surface area (Å²) in [6, 6.07) is 0.173. The van der Waals surface area contributed by atoms with Crippen molar-refractivity contribution in [1.82, 2.24) is 4.90 Å². The van der Waals surface area contributed by atoms with Crippen LogP contribution in [0.15, 0.2) is 34.6 Å². The Balaban J connectivity index is 1.62. The zero-order valence-corrected chi connectivity index (χ0v) is 18.0. The molecule has 4 rings (SSSR count). The monoisotopic (exact) mass is 481 g/mol. The zero-order chi connectivity index (χ0) is 23.6. The minimum absolute atomic E-state index is 0.0516. The number of nitrogens with zero attached hydrogens (tertiary/aromatic N) is 2. The van der Waals surface area contributed by atoms with Crippen molar-refractivity contribution in [3.8, 4) is 0 Å². The lowest BCUT2D eigenvalue weighted by Crippen LogP contribution is -3.07. The van der Waals surface area contributed by atoms with E-state index in [9.17, 15) is 30.4 Å². The molecule has 0 saturated carbocycles. The van der Waals surface area contributed by atoms with Crippen LogP contribution in [-0.2, 0) is 14.8 Å². The van der Waals surface area contributed by atoms with Gasteiger partial charge in [-0.15, -0.1) is 0 Å². The van der Waals surface area contributed by atoms with Crippen molar-refractivity contribution >= 4 is 15.7 Å². The standard InChI is InChI=1S/C19H21F5N4O3S/c1-9-12-7-27(8-16(12)28(26-9)32(2,29)30)15-6-14(25)17(31-18(15)19(22,23)24)11-5-10(20)3-4-13(11)21/h3-5,14-15,17-18H,6-8,25H2,1-2H3/p+1/t14-,15+,17+,18-/m0/s1. The van der Waals surface area contributed by atoms with Gasteiger partial charge in [0.15, 0.2) is 11.8 Å². The molecule has 1 unspecified atom stereocenters. The van der Waals surface area contributed by atoms with Gasteiger partial charge in [-0.3, -0.25) is 4.90 Å². The molecule has 3 heterocycles. The molecule has 3 N–H and O–H groups in total. The van der Waals surface area contributed by atoms with Crippen LogP contribution in [0, 0.1) is 11.6 Å². The normalized spacial score (nSPS) is 31.8. The highest BCUT2D eigenvalue weighted by Gasteiger charge is 2.55. The second-order valence-electron chi connectivity index (χ2n) is 8.29. The van der Waals surface area contributed by atoms with E-state index in [0.29, 0.717) is 17.0 Å². The Morgan fingerprint density at radius 1 is 1.25 bits per heavy atom. The van der Waals surface area contributed by atoms with E-state index < -0.39 is 52.1 Å². The summed E-state index contributed by atoms with van der Waals surface area (Å²) in [5.41, 5.74) is 7.09. The number of rotatable bonds is 3. The van der Waals surface area contributed by atoms with Gasteiger partial charge in [0, 0.05) is 24.2 Å². The topological polar surface area (TPSA) is 89.4 Å². The summed E-state index contributed by atoms with van der Waals surface area (Å²) in [5, 5.41) is 4.07. The molecule has 0 aromatic heterocycles. The lowest BCUT2D eigenvalue weighted by molar-refractivity contribution is -0.727. The molecule has 0 aliphatic carbocycles. The maximum atomic E-state index is 14.2. The molecular weight excluding hydrogens is 459 g/mol. The van der Waals surface area contributed by atoms with Crippen LogP contribution in [0.2, 0.25) is 0 Å². The Hall–Kier alpha value is -1.93. The fraction of sp³-hybridized carbons (Fsp3) is 0.526.